The van der Waals surface area contributed by atoms with Crippen LogP contribution in [0.25, 0.3) is 0 Å². The lowest BCUT2D eigenvalue weighted by molar-refractivity contribution is -0.157. The van der Waals surface area contributed by atoms with Crippen molar-refractivity contribution in [3.05, 3.63) is 60.2 Å². The summed E-state index contributed by atoms with van der Waals surface area (Å²) in [7, 11) is 0. The molecule has 2 aromatic carbocycles. The minimum Gasteiger partial charge on any atom is -0.481 e. The van der Waals surface area contributed by atoms with E-state index in [1.54, 1.807) is 11.0 Å². The van der Waals surface area contributed by atoms with Gasteiger partial charge in [0.15, 0.2) is 0 Å². The Kier molecular flexibility index (Phi) is 4.58. The van der Waals surface area contributed by atoms with Crippen molar-refractivity contribution in [3.63, 3.8) is 0 Å². The van der Waals surface area contributed by atoms with Gasteiger partial charge in [-0.25, -0.2) is 0 Å². The number of fused-ring (bicyclic) bond motifs is 1. The van der Waals surface area contributed by atoms with Crippen LogP contribution in [0.1, 0.15) is 16.8 Å². The van der Waals surface area contributed by atoms with Crippen LogP contribution in [0.2, 0.25) is 0 Å². The van der Waals surface area contributed by atoms with Crippen LogP contribution >= 0.6 is 0 Å². The number of carboxylic acid groups (broad SMARTS) is 1. The van der Waals surface area contributed by atoms with E-state index >= 15 is 0 Å². The van der Waals surface area contributed by atoms with E-state index in [2.05, 4.69) is 5.32 Å². The van der Waals surface area contributed by atoms with Gasteiger partial charge in [-0.2, -0.15) is 0 Å². The van der Waals surface area contributed by atoms with Gasteiger partial charge in [-0.15, -0.1) is 0 Å². The van der Waals surface area contributed by atoms with Crippen LogP contribution in [-0.4, -0.2) is 48.2 Å². The van der Waals surface area contributed by atoms with Crippen molar-refractivity contribution in [2.45, 2.75) is 6.42 Å². The number of benzene rings is 2. The Morgan fingerprint density at radius 1 is 1.11 bits per heavy atom. The van der Waals surface area contributed by atoms with E-state index in [1.807, 2.05) is 48.5 Å². The molecule has 0 aromatic heterocycles. The lowest BCUT2D eigenvalue weighted by atomic mass is 9.74. The molecule has 2 aromatic rings. The second kappa shape index (κ2) is 7.04. The molecule has 2 aliphatic rings. The minimum atomic E-state index is -0.893. The van der Waals surface area contributed by atoms with Gasteiger partial charge >= 0.3 is 5.97 Å². The van der Waals surface area contributed by atoms with Gasteiger partial charge in [0.1, 0.15) is 0 Å². The molecule has 4 rings (SSSR count). The molecule has 2 heterocycles. The van der Waals surface area contributed by atoms with Gasteiger partial charge in [0.2, 0.25) is 0 Å². The summed E-state index contributed by atoms with van der Waals surface area (Å²) in [6.07, 6.45) is 0.445. The SMILES string of the molecule is O=C(c1ccccc1Nc1ccccc1)N1C[C@H]2COCC[C@@]2(C(=O)O)C1. The van der Waals surface area contributed by atoms with Crippen LogP contribution < -0.4 is 5.32 Å². The van der Waals surface area contributed by atoms with Crippen molar-refractivity contribution in [1.29, 1.82) is 0 Å². The molecule has 0 aliphatic carbocycles. The highest BCUT2D eigenvalue weighted by Crippen LogP contribution is 2.43. The molecule has 27 heavy (non-hydrogen) atoms. The van der Waals surface area contributed by atoms with Gasteiger partial charge in [-0.3, -0.25) is 9.59 Å². The number of amides is 1. The van der Waals surface area contributed by atoms with Gasteiger partial charge in [0, 0.05) is 31.3 Å². The van der Waals surface area contributed by atoms with E-state index in [0.29, 0.717) is 37.4 Å². The number of carbonyl (C=O) groups is 2. The smallest absolute Gasteiger partial charge is 0.311 e. The predicted octanol–water partition coefficient (Wildman–Crippen LogP) is 2.99. The third-order valence-electron chi connectivity index (χ3n) is 5.63. The van der Waals surface area contributed by atoms with Crippen molar-refractivity contribution in [2.75, 3.05) is 31.6 Å². The monoisotopic (exact) mass is 366 g/mol. The Morgan fingerprint density at radius 2 is 1.85 bits per heavy atom. The molecular weight excluding hydrogens is 344 g/mol. The number of hydrogen-bond acceptors (Lipinski definition) is 4. The molecule has 0 bridgehead atoms. The lowest BCUT2D eigenvalue weighted by Gasteiger charge is -2.33. The summed E-state index contributed by atoms with van der Waals surface area (Å²) in [5.74, 6) is -1.15. The maximum atomic E-state index is 13.2. The molecule has 2 atom stereocenters. The number of carbonyl (C=O) groups excluding carboxylic acids is 1. The molecule has 0 unspecified atom stereocenters. The van der Waals surface area contributed by atoms with Crippen molar-refractivity contribution >= 4 is 23.3 Å². The van der Waals surface area contributed by atoms with Gasteiger partial charge < -0.3 is 20.1 Å². The molecule has 6 nitrogen and oxygen atoms in total. The average molecular weight is 366 g/mol. The molecule has 140 valence electrons. The van der Waals surface area contributed by atoms with Crippen LogP contribution in [0, 0.1) is 11.3 Å². The number of anilines is 2. The quantitative estimate of drug-likeness (QED) is 0.870. The Balaban J connectivity index is 1.60. The van der Waals surface area contributed by atoms with E-state index < -0.39 is 11.4 Å². The van der Waals surface area contributed by atoms with Crippen molar-refractivity contribution in [1.82, 2.24) is 4.90 Å². The van der Waals surface area contributed by atoms with E-state index in [9.17, 15) is 14.7 Å². The number of hydrogen-bond donors (Lipinski definition) is 2. The van der Waals surface area contributed by atoms with Crippen molar-refractivity contribution < 1.29 is 19.4 Å². The van der Waals surface area contributed by atoms with Crippen LogP contribution in [-0.2, 0) is 9.53 Å². The fourth-order valence-corrected chi connectivity index (χ4v) is 4.08. The van der Waals surface area contributed by atoms with Crippen LogP contribution in [0.4, 0.5) is 11.4 Å². The highest BCUT2D eigenvalue weighted by atomic mass is 16.5. The highest BCUT2D eigenvalue weighted by molar-refractivity contribution is 6.01. The zero-order valence-electron chi connectivity index (χ0n) is 14.9. The minimum absolute atomic E-state index is 0.149. The molecule has 2 aliphatic heterocycles. The van der Waals surface area contributed by atoms with Crippen LogP contribution in [0.5, 0.6) is 0 Å². The Labute approximate surface area is 157 Å². The number of likely N-dealkylation sites (tertiary alicyclic amines) is 1. The van der Waals surface area contributed by atoms with Gasteiger partial charge in [0.05, 0.1) is 23.3 Å². The molecule has 0 radical (unpaired) electrons. The number of ether oxygens (including phenoxy) is 1. The largest absolute Gasteiger partial charge is 0.481 e. The maximum absolute atomic E-state index is 13.2. The van der Waals surface area contributed by atoms with Crippen molar-refractivity contribution in [2.24, 2.45) is 11.3 Å². The fourth-order valence-electron chi connectivity index (χ4n) is 4.08. The average Bonchev–Trinajstić information content (AvgIpc) is 3.10. The summed E-state index contributed by atoms with van der Waals surface area (Å²) in [6.45, 7) is 1.46. The molecule has 2 saturated heterocycles. The predicted molar refractivity (Wildman–Crippen MR) is 101 cm³/mol. The summed E-state index contributed by atoms with van der Waals surface area (Å²) < 4.78 is 5.48. The van der Waals surface area contributed by atoms with Crippen molar-refractivity contribution in [3.8, 4) is 0 Å². The highest BCUT2D eigenvalue weighted by Gasteiger charge is 2.55. The summed E-state index contributed by atoms with van der Waals surface area (Å²) in [5, 5.41) is 13.1. The summed E-state index contributed by atoms with van der Waals surface area (Å²) >= 11 is 0. The number of para-hydroxylation sites is 2. The Hall–Kier alpha value is -2.86. The first-order chi connectivity index (χ1) is 13.1. The second-order valence-electron chi connectivity index (χ2n) is 7.21. The standard InChI is InChI=1S/C21H22N2O4/c24-19(23-12-15-13-27-11-10-21(15,14-23)20(25)26)17-8-4-5-9-18(17)22-16-6-2-1-3-7-16/h1-9,15,22H,10-14H2,(H,25,26)/t15-,21+/m0/s1. The molecular formula is C21H22N2O4. The first kappa shape index (κ1) is 17.5. The Morgan fingerprint density at radius 3 is 2.59 bits per heavy atom. The molecule has 1 amide bonds. The summed E-state index contributed by atoms with van der Waals surface area (Å²) in [4.78, 5) is 26.8. The molecule has 6 heteroatoms. The summed E-state index contributed by atoms with van der Waals surface area (Å²) in [6, 6.07) is 17.0. The first-order valence-corrected chi connectivity index (χ1v) is 9.12. The molecule has 2 N–H and O–H groups in total. The fraction of sp³-hybridized carbons (Fsp3) is 0.333. The first-order valence-electron chi connectivity index (χ1n) is 9.12. The summed E-state index contributed by atoms with van der Waals surface area (Å²) in [5.41, 5.74) is 1.25. The number of aliphatic carboxylic acids is 1. The zero-order valence-corrected chi connectivity index (χ0v) is 14.9. The van der Waals surface area contributed by atoms with E-state index in [4.69, 9.17) is 4.74 Å². The van der Waals surface area contributed by atoms with E-state index in [-0.39, 0.29) is 18.4 Å². The number of carboxylic acids is 1. The molecule has 0 saturated carbocycles. The topological polar surface area (TPSA) is 78.9 Å². The molecule has 2 fully saturated rings. The lowest BCUT2D eigenvalue weighted by Crippen LogP contribution is -2.45. The zero-order chi connectivity index (χ0) is 18.9. The third-order valence-corrected chi connectivity index (χ3v) is 5.63. The Bertz CT molecular complexity index is 854. The van der Waals surface area contributed by atoms with Gasteiger partial charge in [-0.05, 0) is 30.7 Å². The van der Waals surface area contributed by atoms with E-state index in [1.165, 1.54) is 0 Å². The third kappa shape index (κ3) is 3.17. The van der Waals surface area contributed by atoms with Gasteiger partial charge in [0.25, 0.3) is 5.91 Å². The maximum Gasteiger partial charge on any atom is 0.311 e. The van der Waals surface area contributed by atoms with E-state index in [0.717, 1.165) is 5.69 Å². The normalized spacial score (nSPS) is 24.3. The van der Waals surface area contributed by atoms with Gasteiger partial charge in [-0.1, -0.05) is 30.3 Å². The second-order valence-corrected chi connectivity index (χ2v) is 7.21. The number of nitrogens with zero attached hydrogens (tertiary/aromatic N) is 1. The number of nitrogens with one attached hydrogen (secondary N) is 1. The molecule has 0 spiro atoms. The van der Waals surface area contributed by atoms with Crippen LogP contribution in [0.15, 0.2) is 54.6 Å². The number of rotatable bonds is 4. The van der Waals surface area contributed by atoms with Crippen LogP contribution in [0.3, 0.4) is 0 Å².